The molecule has 0 aliphatic carbocycles. The molecule has 34 heavy (non-hydrogen) atoms. The van der Waals surface area contributed by atoms with Crippen LogP contribution in [-0.2, 0) is 0 Å². The first-order valence-corrected chi connectivity index (χ1v) is 12.7. The van der Waals surface area contributed by atoms with Crippen molar-refractivity contribution in [3.05, 3.63) is 103 Å². The number of aromatic amines is 1. The SMILES string of the molecule is CNC(=S)N1N=C(c2c(-c3ccccc3)c3cc(Br)ccc3[nH]c2=O)CC1c1ccc(Br)cc1. The number of hydrogen-bond donors (Lipinski definition) is 2. The van der Waals surface area contributed by atoms with Gasteiger partial charge >= 0.3 is 0 Å². The van der Waals surface area contributed by atoms with Gasteiger partial charge in [0, 0.05) is 38.9 Å². The normalized spacial score (nSPS) is 15.4. The zero-order valence-corrected chi connectivity index (χ0v) is 22.2. The molecular weight excluding hydrogens is 576 g/mol. The molecule has 0 spiro atoms. The molecule has 0 bridgehead atoms. The quantitative estimate of drug-likeness (QED) is 0.270. The van der Waals surface area contributed by atoms with Gasteiger partial charge in [0.25, 0.3) is 5.56 Å². The average molecular weight is 596 g/mol. The molecule has 1 unspecified atom stereocenters. The molecule has 1 atom stereocenters. The van der Waals surface area contributed by atoms with E-state index in [2.05, 4.69) is 54.3 Å². The lowest BCUT2D eigenvalue weighted by molar-refractivity contribution is 0.366. The van der Waals surface area contributed by atoms with Crippen LogP contribution >= 0.6 is 44.1 Å². The number of fused-ring (bicyclic) bond motifs is 1. The molecule has 2 N–H and O–H groups in total. The van der Waals surface area contributed by atoms with Crippen molar-refractivity contribution in [2.45, 2.75) is 12.5 Å². The van der Waals surface area contributed by atoms with Gasteiger partial charge in [-0.1, -0.05) is 74.3 Å². The molecule has 1 aromatic heterocycles. The van der Waals surface area contributed by atoms with E-state index < -0.39 is 0 Å². The van der Waals surface area contributed by atoms with Crippen molar-refractivity contribution in [2.24, 2.45) is 5.10 Å². The van der Waals surface area contributed by atoms with Crippen LogP contribution in [0.25, 0.3) is 22.0 Å². The van der Waals surface area contributed by atoms with Gasteiger partial charge < -0.3 is 10.3 Å². The largest absolute Gasteiger partial charge is 0.364 e. The summed E-state index contributed by atoms with van der Waals surface area (Å²) in [5.74, 6) is 0. The molecule has 170 valence electrons. The monoisotopic (exact) mass is 594 g/mol. The van der Waals surface area contributed by atoms with Gasteiger partial charge in [-0.15, -0.1) is 0 Å². The molecule has 5 rings (SSSR count). The molecule has 5 nitrogen and oxygen atoms in total. The number of halogens is 2. The maximum Gasteiger partial charge on any atom is 0.258 e. The number of H-pyrrole nitrogens is 1. The summed E-state index contributed by atoms with van der Waals surface area (Å²) >= 11 is 12.7. The Kier molecular flexibility index (Phi) is 6.38. The number of rotatable bonds is 3. The molecule has 1 aliphatic heterocycles. The van der Waals surface area contributed by atoms with Gasteiger partial charge in [0.05, 0.1) is 17.3 Å². The van der Waals surface area contributed by atoms with Crippen molar-refractivity contribution in [1.29, 1.82) is 0 Å². The van der Waals surface area contributed by atoms with Crippen LogP contribution in [0.4, 0.5) is 0 Å². The Balaban J connectivity index is 1.74. The second-order valence-corrected chi connectivity index (χ2v) is 10.2. The fourth-order valence-corrected chi connectivity index (χ4v) is 5.15. The first kappa shape index (κ1) is 23.0. The summed E-state index contributed by atoms with van der Waals surface area (Å²) < 4.78 is 1.94. The van der Waals surface area contributed by atoms with E-state index in [1.54, 1.807) is 12.1 Å². The number of hydrogen-bond acceptors (Lipinski definition) is 3. The van der Waals surface area contributed by atoms with Crippen LogP contribution in [0.5, 0.6) is 0 Å². The van der Waals surface area contributed by atoms with Crippen molar-refractivity contribution in [1.82, 2.24) is 15.3 Å². The lowest BCUT2D eigenvalue weighted by Crippen LogP contribution is -2.34. The number of hydrazone groups is 1. The Labute approximate surface area is 219 Å². The zero-order valence-electron chi connectivity index (χ0n) is 18.2. The molecule has 4 aromatic rings. The van der Waals surface area contributed by atoms with Crippen LogP contribution in [0.2, 0.25) is 0 Å². The number of pyridine rings is 1. The standard InChI is InChI=1S/C26H20Br2N4OS/c1-29-26(34)32-22(15-7-9-17(27)10-8-15)14-21(31-32)24-23(16-5-3-2-4-6-16)19-13-18(28)11-12-20(19)30-25(24)33/h2-13,22H,14H2,1H3,(H,29,34)(H,30,33). The Bertz CT molecular complexity index is 1480. The minimum absolute atomic E-state index is 0.121. The van der Waals surface area contributed by atoms with E-state index in [1.165, 1.54) is 0 Å². The van der Waals surface area contributed by atoms with E-state index in [9.17, 15) is 4.79 Å². The van der Waals surface area contributed by atoms with Gasteiger partial charge in [0.1, 0.15) is 0 Å². The van der Waals surface area contributed by atoms with Crippen molar-refractivity contribution < 1.29 is 0 Å². The smallest absolute Gasteiger partial charge is 0.258 e. The van der Waals surface area contributed by atoms with Gasteiger partial charge in [-0.05, 0) is 53.7 Å². The summed E-state index contributed by atoms with van der Waals surface area (Å²) in [6.07, 6.45) is 0.547. The van der Waals surface area contributed by atoms with E-state index in [4.69, 9.17) is 17.3 Å². The summed E-state index contributed by atoms with van der Waals surface area (Å²) in [6, 6.07) is 23.9. The Morgan fingerprint density at radius 1 is 1.03 bits per heavy atom. The van der Waals surface area contributed by atoms with E-state index in [-0.39, 0.29) is 11.6 Å². The Hall–Kier alpha value is -2.81. The van der Waals surface area contributed by atoms with Crippen LogP contribution in [0.3, 0.4) is 0 Å². The lowest BCUT2D eigenvalue weighted by atomic mass is 9.91. The van der Waals surface area contributed by atoms with E-state index in [1.807, 2.05) is 60.7 Å². The summed E-state index contributed by atoms with van der Waals surface area (Å²) in [4.78, 5) is 16.6. The van der Waals surface area contributed by atoms with Gasteiger partial charge in [-0.3, -0.25) is 4.79 Å². The van der Waals surface area contributed by atoms with Crippen LogP contribution in [0.15, 0.2) is 91.6 Å². The summed E-state index contributed by atoms with van der Waals surface area (Å²) in [6.45, 7) is 0. The third-order valence-corrected chi connectivity index (χ3v) is 7.33. The van der Waals surface area contributed by atoms with Crippen molar-refractivity contribution >= 4 is 65.8 Å². The molecule has 2 heterocycles. The second kappa shape index (κ2) is 9.44. The molecule has 0 amide bonds. The first-order chi connectivity index (χ1) is 16.5. The fourth-order valence-electron chi connectivity index (χ4n) is 4.35. The number of aromatic nitrogens is 1. The van der Waals surface area contributed by atoms with Crippen LogP contribution in [-0.4, -0.2) is 27.9 Å². The minimum atomic E-state index is -0.167. The van der Waals surface area contributed by atoms with E-state index >= 15 is 0 Å². The number of benzene rings is 3. The van der Waals surface area contributed by atoms with Gasteiger partial charge in [0.15, 0.2) is 5.11 Å². The molecule has 0 saturated carbocycles. The Morgan fingerprint density at radius 2 is 1.74 bits per heavy atom. The molecule has 8 heteroatoms. The third-order valence-electron chi connectivity index (χ3n) is 5.91. The highest BCUT2D eigenvalue weighted by Gasteiger charge is 2.33. The van der Waals surface area contributed by atoms with Crippen LogP contribution in [0.1, 0.15) is 23.6 Å². The maximum absolute atomic E-state index is 13.5. The zero-order chi connectivity index (χ0) is 23.8. The first-order valence-electron chi connectivity index (χ1n) is 10.7. The molecule has 3 aromatic carbocycles. The van der Waals surface area contributed by atoms with Crippen molar-refractivity contribution in [3.63, 3.8) is 0 Å². The summed E-state index contributed by atoms with van der Waals surface area (Å²) in [5.41, 5.74) is 4.78. The van der Waals surface area contributed by atoms with E-state index in [0.29, 0.717) is 22.8 Å². The maximum atomic E-state index is 13.5. The molecule has 0 fully saturated rings. The summed E-state index contributed by atoms with van der Waals surface area (Å²) in [5, 5.41) is 11.2. The summed E-state index contributed by atoms with van der Waals surface area (Å²) in [7, 11) is 1.78. The Morgan fingerprint density at radius 3 is 2.44 bits per heavy atom. The van der Waals surface area contributed by atoms with Crippen molar-refractivity contribution in [3.8, 4) is 11.1 Å². The fraction of sp³-hybridized carbons (Fsp3) is 0.115. The lowest BCUT2D eigenvalue weighted by Gasteiger charge is -2.23. The highest BCUT2D eigenvalue weighted by molar-refractivity contribution is 9.10. The highest BCUT2D eigenvalue weighted by Crippen LogP contribution is 2.37. The number of thiocarbonyl (C=S) groups is 1. The van der Waals surface area contributed by atoms with Crippen molar-refractivity contribution in [2.75, 3.05) is 7.05 Å². The van der Waals surface area contributed by atoms with Gasteiger partial charge in [-0.25, -0.2) is 5.01 Å². The van der Waals surface area contributed by atoms with E-state index in [0.717, 1.165) is 36.5 Å². The van der Waals surface area contributed by atoms with Crippen LogP contribution in [0, 0.1) is 0 Å². The third kappa shape index (κ3) is 4.21. The van der Waals surface area contributed by atoms with Crippen LogP contribution < -0.4 is 10.9 Å². The molecular formula is C26H20Br2N4OS. The highest BCUT2D eigenvalue weighted by atomic mass is 79.9. The molecule has 0 radical (unpaired) electrons. The number of nitrogens with zero attached hydrogens (tertiary/aromatic N) is 2. The predicted octanol–water partition coefficient (Wildman–Crippen LogP) is 6.38. The second-order valence-electron chi connectivity index (χ2n) is 7.98. The van der Waals surface area contributed by atoms with Gasteiger partial charge in [0.2, 0.25) is 0 Å². The molecule has 1 aliphatic rings. The average Bonchev–Trinajstić information content (AvgIpc) is 3.29. The van der Waals surface area contributed by atoms with Gasteiger partial charge in [-0.2, -0.15) is 5.10 Å². The number of nitrogens with one attached hydrogen (secondary N) is 2. The minimum Gasteiger partial charge on any atom is -0.364 e. The molecule has 0 saturated heterocycles. The topological polar surface area (TPSA) is 60.5 Å². The predicted molar refractivity (Wildman–Crippen MR) is 149 cm³/mol.